The number of rotatable bonds is 4. The molecule has 6 rings (SSSR count). The van der Waals surface area contributed by atoms with E-state index in [1.807, 2.05) is 70.8 Å². The van der Waals surface area contributed by atoms with Gasteiger partial charge in [-0.15, -0.1) is 10.2 Å². The lowest BCUT2D eigenvalue weighted by Gasteiger charge is -2.40. The number of hydrogen-bond acceptors (Lipinski definition) is 5. The summed E-state index contributed by atoms with van der Waals surface area (Å²) in [4.78, 5) is 21.9. The first-order valence-electron chi connectivity index (χ1n) is 12.3. The maximum atomic E-state index is 14.8. The highest BCUT2D eigenvalue weighted by molar-refractivity contribution is 5.93. The van der Waals surface area contributed by atoms with E-state index in [-0.39, 0.29) is 17.9 Å². The summed E-state index contributed by atoms with van der Waals surface area (Å²) in [6.07, 6.45) is 0. The van der Waals surface area contributed by atoms with Crippen molar-refractivity contribution in [1.82, 2.24) is 29.8 Å². The molecule has 1 atom stereocenters. The molecule has 1 saturated heterocycles. The Labute approximate surface area is 213 Å². The highest BCUT2D eigenvalue weighted by Crippen LogP contribution is 2.30. The van der Waals surface area contributed by atoms with E-state index in [0.717, 1.165) is 16.5 Å². The molecule has 1 aliphatic heterocycles. The van der Waals surface area contributed by atoms with Crippen molar-refractivity contribution in [3.05, 3.63) is 90.2 Å². The zero-order chi connectivity index (χ0) is 25.4. The van der Waals surface area contributed by atoms with E-state index in [4.69, 9.17) is 4.98 Å². The quantitative estimate of drug-likeness (QED) is 0.397. The minimum Gasteiger partial charge on any atom is -0.338 e. The maximum Gasteiger partial charge on any atom is 0.318 e. The predicted octanol–water partition coefficient (Wildman–Crippen LogP) is 4.50. The number of urea groups is 1. The summed E-state index contributed by atoms with van der Waals surface area (Å²) in [6.45, 7) is 4.16. The zero-order valence-electron chi connectivity index (χ0n) is 20.4. The van der Waals surface area contributed by atoms with Crippen LogP contribution in [0, 0.1) is 5.82 Å². The molecule has 1 aliphatic rings. The molecule has 5 aromatic rings. The molecule has 1 fully saturated rings. The lowest BCUT2D eigenvalue weighted by Crippen LogP contribution is -2.57. The van der Waals surface area contributed by atoms with Gasteiger partial charge in [0.2, 0.25) is 5.95 Å². The third-order valence-electron chi connectivity index (χ3n) is 6.80. The monoisotopic (exact) mass is 495 g/mol. The van der Waals surface area contributed by atoms with E-state index in [1.54, 1.807) is 18.2 Å². The molecule has 0 aliphatic carbocycles. The minimum atomic E-state index is -0.371. The second kappa shape index (κ2) is 9.50. The number of piperazine rings is 1. The molecule has 186 valence electrons. The molecule has 0 bridgehead atoms. The highest BCUT2D eigenvalue weighted by Gasteiger charge is 2.30. The molecule has 2 amide bonds. The van der Waals surface area contributed by atoms with Gasteiger partial charge in [0.05, 0.1) is 11.1 Å². The van der Waals surface area contributed by atoms with E-state index < -0.39 is 0 Å². The number of anilines is 1. The van der Waals surface area contributed by atoms with Crippen LogP contribution < -0.4 is 10.2 Å². The molecule has 1 N–H and O–H groups in total. The van der Waals surface area contributed by atoms with Gasteiger partial charge in [0.1, 0.15) is 5.82 Å². The SMILES string of the molecule is C[C@H]1CN(c2nc3ccccc3c3nnc(-c4ccccc4F)n23)CCN1C(=O)NCc1ccccc1. The fourth-order valence-corrected chi connectivity index (χ4v) is 4.91. The molecule has 8 nitrogen and oxygen atoms in total. The van der Waals surface area contributed by atoms with Gasteiger partial charge in [-0.25, -0.2) is 18.6 Å². The van der Waals surface area contributed by atoms with Crippen LogP contribution in [0.5, 0.6) is 0 Å². The van der Waals surface area contributed by atoms with Crippen LogP contribution in [-0.4, -0.2) is 56.2 Å². The molecule has 0 radical (unpaired) electrons. The number of para-hydroxylation sites is 1. The maximum absolute atomic E-state index is 14.8. The number of nitrogens with zero attached hydrogens (tertiary/aromatic N) is 6. The summed E-state index contributed by atoms with van der Waals surface area (Å²) in [5.74, 6) is 0.661. The first-order chi connectivity index (χ1) is 18.1. The Kier molecular flexibility index (Phi) is 5.88. The first kappa shape index (κ1) is 22.9. The standard InChI is InChI=1S/C28H26FN7O/c1-19-18-34(15-16-35(19)28(37)30-17-20-9-3-2-4-10-20)27-31-24-14-8-6-12-22(24)26-33-32-25(36(26)27)21-11-5-7-13-23(21)29/h2-14,19H,15-18H2,1H3,(H,30,37)/t19-/m0/s1. The molecule has 0 saturated carbocycles. The van der Waals surface area contributed by atoms with Crippen molar-refractivity contribution in [3.8, 4) is 11.4 Å². The molecule has 0 spiro atoms. The average Bonchev–Trinajstić information content (AvgIpc) is 3.37. The average molecular weight is 496 g/mol. The van der Waals surface area contributed by atoms with Gasteiger partial charge in [0, 0.05) is 37.6 Å². The minimum absolute atomic E-state index is 0.0683. The lowest BCUT2D eigenvalue weighted by atomic mass is 10.2. The van der Waals surface area contributed by atoms with Gasteiger partial charge in [-0.05, 0) is 36.8 Å². The molecule has 9 heteroatoms. The van der Waals surface area contributed by atoms with Crippen LogP contribution >= 0.6 is 0 Å². The Bertz CT molecular complexity index is 1590. The van der Waals surface area contributed by atoms with Crippen LogP contribution in [0.3, 0.4) is 0 Å². The van der Waals surface area contributed by atoms with Gasteiger partial charge in [0.25, 0.3) is 0 Å². The van der Waals surface area contributed by atoms with Crippen LogP contribution in [-0.2, 0) is 6.54 Å². The number of carbonyl (C=O) groups is 1. The van der Waals surface area contributed by atoms with Crippen molar-refractivity contribution in [1.29, 1.82) is 0 Å². The fourth-order valence-electron chi connectivity index (χ4n) is 4.91. The Morgan fingerprint density at radius 2 is 1.73 bits per heavy atom. The molecule has 2 aromatic heterocycles. The lowest BCUT2D eigenvalue weighted by molar-refractivity contribution is 0.170. The van der Waals surface area contributed by atoms with Gasteiger partial charge in [-0.1, -0.05) is 54.6 Å². The van der Waals surface area contributed by atoms with Gasteiger partial charge in [-0.3, -0.25) is 0 Å². The molecule has 0 unspecified atom stereocenters. The number of halogens is 1. The van der Waals surface area contributed by atoms with Crippen molar-refractivity contribution < 1.29 is 9.18 Å². The van der Waals surface area contributed by atoms with E-state index in [0.29, 0.717) is 49.2 Å². The Balaban J connectivity index is 1.33. The number of aromatic nitrogens is 4. The number of nitrogens with one attached hydrogen (secondary N) is 1. The molecular formula is C28H26FN7O. The largest absolute Gasteiger partial charge is 0.338 e. The van der Waals surface area contributed by atoms with Gasteiger partial charge in [-0.2, -0.15) is 0 Å². The Hall–Kier alpha value is -4.53. The third kappa shape index (κ3) is 4.22. The van der Waals surface area contributed by atoms with E-state index in [2.05, 4.69) is 20.4 Å². The number of benzene rings is 3. The molecule has 3 heterocycles. The number of carbonyl (C=O) groups excluding carboxylic acids is 1. The topological polar surface area (TPSA) is 78.7 Å². The van der Waals surface area contributed by atoms with E-state index in [1.165, 1.54) is 6.07 Å². The van der Waals surface area contributed by atoms with Crippen LogP contribution in [0.1, 0.15) is 12.5 Å². The van der Waals surface area contributed by atoms with E-state index >= 15 is 0 Å². The summed E-state index contributed by atoms with van der Waals surface area (Å²) in [5.41, 5.74) is 2.82. The van der Waals surface area contributed by atoms with Gasteiger partial charge in [0.15, 0.2) is 11.5 Å². The van der Waals surface area contributed by atoms with Crippen molar-refractivity contribution in [2.24, 2.45) is 0 Å². The second-order valence-electron chi connectivity index (χ2n) is 9.22. The number of amides is 2. The fraction of sp³-hybridized carbons (Fsp3) is 0.214. The summed E-state index contributed by atoms with van der Waals surface area (Å²) < 4.78 is 16.6. The number of hydrogen-bond donors (Lipinski definition) is 1. The van der Waals surface area contributed by atoms with Crippen LogP contribution in [0.15, 0.2) is 78.9 Å². The molecule has 37 heavy (non-hydrogen) atoms. The first-order valence-corrected chi connectivity index (χ1v) is 12.3. The summed E-state index contributed by atoms with van der Waals surface area (Å²) in [5, 5.41) is 12.7. The third-order valence-corrected chi connectivity index (χ3v) is 6.80. The van der Waals surface area contributed by atoms with Crippen molar-refractivity contribution >= 4 is 28.5 Å². The second-order valence-corrected chi connectivity index (χ2v) is 9.22. The van der Waals surface area contributed by atoms with Crippen LogP contribution in [0.2, 0.25) is 0 Å². The van der Waals surface area contributed by atoms with Gasteiger partial charge >= 0.3 is 6.03 Å². The Morgan fingerprint density at radius 3 is 2.54 bits per heavy atom. The van der Waals surface area contributed by atoms with Gasteiger partial charge < -0.3 is 15.1 Å². The zero-order valence-corrected chi connectivity index (χ0v) is 20.4. The summed E-state index contributed by atoms with van der Waals surface area (Å²) in [7, 11) is 0. The van der Waals surface area contributed by atoms with Crippen LogP contribution in [0.25, 0.3) is 27.9 Å². The normalized spacial score (nSPS) is 15.9. The summed E-state index contributed by atoms with van der Waals surface area (Å²) in [6, 6.07) is 24.0. The van der Waals surface area contributed by atoms with Crippen LogP contribution in [0.4, 0.5) is 15.1 Å². The van der Waals surface area contributed by atoms with Crippen molar-refractivity contribution in [2.75, 3.05) is 24.5 Å². The van der Waals surface area contributed by atoms with Crippen molar-refractivity contribution in [3.63, 3.8) is 0 Å². The van der Waals surface area contributed by atoms with Crippen molar-refractivity contribution in [2.45, 2.75) is 19.5 Å². The highest BCUT2D eigenvalue weighted by atomic mass is 19.1. The smallest absolute Gasteiger partial charge is 0.318 e. The van der Waals surface area contributed by atoms with E-state index in [9.17, 15) is 9.18 Å². The predicted molar refractivity (Wildman–Crippen MR) is 141 cm³/mol. The number of fused-ring (bicyclic) bond motifs is 3. The molecular weight excluding hydrogens is 469 g/mol. The summed E-state index contributed by atoms with van der Waals surface area (Å²) >= 11 is 0. The molecule has 3 aromatic carbocycles. The Morgan fingerprint density at radius 1 is 0.973 bits per heavy atom.